The van der Waals surface area contributed by atoms with Crippen LogP contribution in [0.2, 0.25) is 0 Å². The summed E-state index contributed by atoms with van der Waals surface area (Å²) in [7, 11) is 0. The molecule has 0 fully saturated rings. The molecule has 1 heterocycles. The number of hydrogen-bond donors (Lipinski definition) is 2. The fourth-order valence-corrected chi connectivity index (χ4v) is 3.28. The van der Waals surface area contributed by atoms with Gasteiger partial charge in [0.05, 0.1) is 0 Å². The van der Waals surface area contributed by atoms with Crippen LogP contribution in [0.3, 0.4) is 0 Å². The van der Waals surface area contributed by atoms with Crippen molar-refractivity contribution in [1.29, 1.82) is 0 Å². The van der Waals surface area contributed by atoms with Gasteiger partial charge >= 0.3 is 5.97 Å². The van der Waals surface area contributed by atoms with Crippen molar-refractivity contribution in [2.24, 2.45) is 0 Å². The van der Waals surface area contributed by atoms with Crippen LogP contribution in [0.15, 0.2) is 54.6 Å². The second kappa shape index (κ2) is 5.39. The number of nitrogens with one attached hydrogen (secondary N) is 1. The van der Waals surface area contributed by atoms with E-state index in [1.165, 1.54) is 5.37 Å². The number of H-pyrrole nitrogens is 1. The fourth-order valence-electron chi connectivity index (χ4n) is 2.93. The average molecular weight is 309 g/mol. The normalized spacial score (nSPS) is 13.7. The number of fused-ring (bicyclic) bond motifs is 1. The predicted molar refractivity (Wildman–Crippen MR) is 91.5 cm³/mol. The van der Waals surface area contributed by atoms with Crippen LogP contribution in [-0.4, -0.2) is 21.4 Å². The Hall–Kier alpha value is -2.46. The molecule has 0 aliphatic carbocycles. The molecule has 0 saturated heterocycles. The van der Waals surface area contributed by atoms with E-state index in [4.69, 9.17) is 12.2 Å². The number of aliphatic carboxylic acids is 1. The molecule has 3 rings (SSSR count). The highest BCUT2D eigenvalue weighted by atomic mass is 32.1. The molecular weight excluding hydrogens is 294 g/mol. The highest BCUT2D eigenvalue weighted by Crippen LogP contribution is 2.36. The van der Waals surface area contributed by atoms with Gasteiger partial charge in [0.15, 0.2) is 5.41 Å². The lowest BCUT2D eigenvalue weighted by molar-refractivity contribution is -0.139. The Morgan fingerprint density at radius 3 is 2.36 bits per heavy atom. The lowest BCUT2D eigenvalue weighted by atomic mass is 9.78. The van der Waals surface area contributed by atoms with Gasteiger partial charge in [-0.15, -0.1) is 0 Å². The van der Waals surface area contributed by atoms with Gasteiger partial charge in [0.25, 0.3) is 0 Å². The largest absolute Gasteiger partial charge is 0.480 e. The Balaban J connectivity index is 2.37. The molecule has 2 aromatic carbocycles. The SMILES string of the molecule is Cc1c(C(C=S)(C(=O)O)c2ccccc2)[nH]c2ccccc12. The van der Waals surface area contributed by atoms with Gasteiger partial charge in [-0.2, -0.15) is 0 Å². The third kappa shape index (κ3) is 1.96. The van der Waals surface area contributed by atoms with Crippen LogP contribution in [0.25, 0.3) is 10.9 Å². The zero-order valence-electron chi connectivity index (χ0n) is 12.0. The maximum absolute atomic E-state index is 12.2. The maximum atomic E-state index is 12.2. The minimum absolute atomic E-state index is 0.613. The van der Waals surface area contributed by atoms with Crippen molar-refractivity contribution >= 4 is 34.5 Å². The van der Waals surface area contributed by atoms with E-state index in [2.05, 4.69) is 4.98 Å². The Kier molecular flexibility index (Phi) is 3.54. The number of carboxylic acids is 1. The highest BCUT2D eigenvalue weighted by molar-refractivity contribution is 7.79. The van der Waals surface area contributed by atoms with Crippen molar-refractivity contribution in [3.63, 3.8) is 0 Å². The molecule has 0 spiro atoms. The van der Waals surface area contributed by atoms with Crippen LogP contribution in [0.1, 0.15) is 16.8 Å². The van der Waals surface area contributed by atoms with Gasteiger partial charge in [-0.25, -0.2) is 0 Å². The smallest absolute Gasteiger partial charge is 0.325 e. The summed E-state index contributed by atoms with van der Waals surface area (Å²) in [6, 6.07) is 16.9. The first-order valence-electron chi connectivity index (χ1n) is 6.94. The zero-order chi connectivity index (χ0) is 15.7. The molecule has 0 aliphatic rings. The molecule has 1 aromatic heterocycles. The molecule has 3 nitrogen and oxygen atoms in total. The minimum Gasteiger partial charge on any atom is -0.480 e. The third-order valence-corrected chi connectivity index (χ3v) is 4.46. The average Bonchev–Trinajstić information content (AvgIpc) is 2.87. The molecule has 0 radical (unpaired) electrons. The van der Waals surface area contributed by atoms with Crippen LogP contribution in [0.5, 0.6) is 0 Å². The Bertz CT molecular complexity index is 854. The number of carbonyl (C=O) groups is 1. The molecule has 0 amide bonds. The molecule has 3 aromatic rings. The molecule has 1 atom stereocenters. The van der Waals surface area contributed by atoms with Crippen molar-refractivity contribution in [2.75, 3.05) is 0 Å². The van der Waals surface area contributed by atoms with E-state index in [1.54, 1.807) is 12.1 Å². The van der Waals surface area contributed by atoms with Gasteiger partial charge in [0, 0.05) is 22.0 Å². The Morgan fingerprint density at radius 1 is 1.14 bits per heavy atom. The standard InChI is InChI=1S/C18H15NO2S/c1-12-14-9-5-6-10-15(14)19-16(12)18(11-22,17(20)21)13-7-3-2-4-8-13/h2-11,19H,1H3,(H,20,21). The van der Waals surface area contributed by atoms with E-state index in [0.717, 1.165) is 16.5 Å². The van der Waals surface area contributed by atoms with Gasteiger partial charge < -0.3 is 10.1 Å². The Labute approximate surface area is 133 Å². The van der Waals surface area contributed by atoms with Crippen LogP contribution in [0, 0.1) is 6.92 Å². The second-order valence-corrected chi connectivity index (χ2v) is 5.50. The first-order chi connectivity index (χ1) is 10.6. The molecule has 110 valence electrons. The fraction of sp³-hybridized carbons (Fsp3) is 0.111. The van der Waals surface area contributed by atoms with E-state index in [1.807, 2.05) is 49.4 Å². The van der Waals surface area contributed by atoms with Crippen LogP contribution < -0.4 is 0 Å². The number of hydrogen-bond acceptors (Lipinski definition) is 2. The molecule has 22 heavy (non-hydrogen) atoms. The van der Waals surface area contributed by atoms with Crippen LogP contribution in [0.4, 0.5) is 0 Å². The summed E-state index contributed by atoms with van der Waals surface area (Å²) < 4.78 is 0. The number of carboxylic acid groups (broad SMARTS) is 1. The number of thiocarbonyl (C=S) groups is 1. The van der Waals surface area contributed by atoms with Crippen LogP contribution in [-0.2, 0) is 10.2 Å². The molecule has 0 saturated carbocycles. The van der Waals surface area contributed by atoms with Crippen molar-refractivity contribution in [3.8, 4) is 0 Å². The van der Waals surface area contributed by atoms with E-state index < -0.39 is 11.4 Å². The number of para-hydroxylation sites is 1. The van der Waals surface area contributed by atoms with Crippen molar-refractivity contribution in [2.45, 2.75) is 12.3 Å². The molecule has 1 unspecified atom stereocenters. The van der Waals surface area contributed by atoms with Gasteiger partial charge in [-0.3, -0.25) is 4.79 Å². The number of benzene rings is 2. The summed E-state index contributed by atoms with van der Waals surface area (Å²) in [6.07, 6.45) is 0. The third-order valence-electron chi connectivity index (χ3n) is 4.10. The van der Waals surface area contributed by atoms with E-state index in [9.17, 15) is 9.90 Å². The van der Waals surface area contributed by atoms with Gasteiger partial charge in [-0.05, 0) is 24.1 Å². The minimum atomic E-state index is -1.36. The first kappa shape index (κ1) is 14.5. The summed E-state index contributed by atoms with van der Waals surface area (Å²) in [5.74, 6) is -0.983. The van der Waals surface area contributed by atoms with Gasteiger partial charge in [0.1, 0.15) is 0 Å². The molecule has 0 bridgehead atoms. The van der Waals surface area contributed by atoms with Crippen molar-refractivity contribution < 1.29 is 9.90 Å². The molecular formula is C18H15NO2S. The van der Waals surface area contributed by atoms with E-state index in [-0.39, 0.29) is 0 Å². The van der Waals surface area contributed by atoms with Gasteiger partial charge in [0.2, 0.25) is 0 Å². The molecule has 4 heteroatoms. The molecule has 0 aliphatic heterocycles. The van der Waals surface area contributed by atoms with E-state index >= 15 is 0 Å². The first-order valence-corrected chi connectivity index (χ1v) is 7.41. The number of aryl methyl sites for hydroxylation is 1. The summed E-state index contributed by atoms with van der Waals surface area (Å²) in [4.78, 5) is 15.4. The van der Waals surface area contributed by atoms with E-state index in [0.29, 0.717) is 11.3 Å². The van der Waals surface area contributed by atoms with Crippen molar-refractivity contribution in [3.05, 3.63) is 71.4 Å². The topological polar surface area (TPSA) is 53.1 Å². The monoisotopic (exact) mass is 309 g/mol. The zero-order valence-corrected chi connectivity index (χ0v) is 12.9. The number of aromatic amines is 1. The van der Waals surface area contributed by atoms with Gasteiger partial charge in [-0.1, -0.05) is 60.7 Å². The number of aromatic nitrogens is 1. The van der Waals surface area contributed by atoms with Crippen LogP contribution >= 0.6 is 12.2 Å². The summed E-state index contributed by atoms with van der Waals surface area (Å²) >= 11 is 5.16. The lowest BCUT2D eigenvalue weighted by Crippen LogP contribution is -2.39. The maximum Gasteiger partial charge on any atom is 0.325 e. The second-order valence-electron chi connectivity index (χ2n) is 5.27. The molecule has 2 N–H and O–H groups in total. The number of rotatable bonds is 4. The summed E-state index contributed by atoms with van der Waals surface area (Å²) in [5.41, 5.74) is 1.71. The quantitative estimate of drug-likeness (QED) is 0.720. The predicted octanol–water partition coefficient (Wildman–Crippen LogP) is 3.85. The summed E-state index contributed by atoms with van der Waals surface area (Å²) in [5, 5.41) is 12.3. The Morgan fingerprint density at radius 2 is 1.77 bits per heavy atom. The highest BCUT2D eigenvalue weighted by Gasteiger charge is 2.43. The van der Waals surface area contributed by atoms with Crippen molar-refractivity contribution in [1.82, 2.24) is 4.98 Å². The summed E-state index contributed by atoms with van der Waals surface area (Å²) in [6.45, 7) is 1.92. The lowest BCUT2D eigenvalue weighted by Gasteiger charge is -2.25.